The number of H-pyrrole nitrogens is 1. The highest BCUT2D eigenvalue weighted by atomic mass is 16.5. The van der Waals surface area contributed by atoms with Crippen molar-refractivity contribution in [2.24, 2.45) is 5.92 Å². The number of carbonyl (C=O) groups is 1. The van der Waals surface area contributed by atoms with E-state index in [0.717, 1.165) is 39.0 Å². The van der Waals surface area contributed by atoms with Gasteiger partial charge in [0.2, 0.25) is 0 Å². The van der Waals surface area contributed by atoms with Crippen LogP contribution < -0.4 is 0 Å². The Balaban J connectivity index is 1.64. The lowest BCUT2D eigenvalue weighted by Crippen LogP contribution is -2.50. The van der Waals surface area contributed by atoms with Gasteiger partial charge in [-0.25, -0.2) is 0 Å². The van der Waals surface area contributed by atoms with Gasteiger partial charge in [-0.1, -0.05) is 19.6 Å². The van der Waals surface area contributed by atoms with Crippen molar-refractivity contribution >= 4 is 12.0 Å². The van der Waals surface area contributed by atoms with Gasteiger partial charge in [0, 0.05) is 24.4 Å². The second-order valence-electron chi connectivity index (χ2n) is 8.54. The topological polar surface area (TPSA) is 48.6 Å². The number of nitrogens with zero attached hydrogens (tertiary/aromatic N) is 2. The highest BCUT2D eigenvalue weighted by molar-refractivity contribution is 5.68. The molecular weight excluding hydrogens is 350 g/mol. The van der Waals surface area contributed by atoms with Crippen molar-refractivity contribution < 1.29 is 9.53 Å². The molecule has 0 bridgehead atoms. The van der Waals surface area contributed by atoms with E-state index in [9.17, 15) is 4.79 Å². The molecule has 1 aromatic heterocycles. The maximum atomic E-state index is 11.8. The molecule has 5 heteroatoms. The molecule has 0 radical (unpaired) electrons. The third kappa shape index (κ3) is 4.87. The monoisotopic (exact) mass is 387 g/mol. The predicted octanol–water partition coefficient (Wildman–Crippen LogP) is 3.81. The van der Waals surface area contributed by atoms with Crippen LogP contribution in [0.15, 0.2) is 12.8 Å². The highest BCUT2D eigenvalue weighted by Gasteiger charge is 2.34. The summed E-state index contributed by atoms with van der Waals surface area (Å²) in [5.41, 5.74) is 3.91. The summed E-state index contributed by atoms with van der Waals surface area (Å²) < 4.78 is 5.63. The fourth-order valence-electron chi connectivity index (χ4n) is 4.94. The average Bonchev–Trinajstić information content (AvgIpc) is 3.10. The molecule has 2 aliphatic heterocycles. The molecule has 0 aliphatic carbocycles. The fourth-order valence-corrected chi connectivity index (χ4v) is 4.94. The van der Waals surface area contributed by atoms with Crippen LogP contribution in [-0.4, -0.2) is 66.6 Å². The van der Waals surface area contributed by atoms with E-state index in [1.807, 2.05) is 13.0 Å². The van der Waals surface area contributed by atoms with Crippen molar-refractivity contribution in [2.75, 3.05) is 39.8 Å². The lowest BCUT2D eigenvalue weighted by atomic mass is 9.84. The molecule has 1 atom stereocenters. The number of nitrogens with one attached hydrogen (secondary N) is 1. The minimum Gasteiger partial charge on any atom is -0.464 e. The Kier molecular flexibility index (Phi) is 7.36. The minimum atomic E-state index is -0.0776. The number of esters is 1. The molecule has 28 heavy (non-hydrogen) atoms. The molecule has 2 saturated heterocycles. The number of ether oxygens (including phenoxy) is 1. The Bertz CT molecular complexity index is 653. The molecule has 2 aliphatic rings. The molecule has 0 aromatic carbocycles. The number of carbonyl (C=O) groups excluding carboxylic acids is 1. The number of aromatic amines is 1. The Hall–Kier alpha value is -1.59. The quantitative estimate of drug-likeness (QED) is 0.723. The van der Waals surface area contributed by atoms with Gasteiger partial charge in [0.15, 0.2) is 0 Å². The molecule has 0 amide bonds. The van der Waals surface area contributed by atoms with Crippen LogP contribution in [0, 0.1) is 12.8 Å². The van der Waals surface area contributed by atoms with Crippen LogP contribution in [0.3, 0.4) is 0 Å². The van der Waals surface area contributed by atoms with E-state index in [2.05, 4.69) is 41.5 Å². The Morgan fingerprint density at radius 1 is 1.29 bits per heavy atom. The maximum Gasteiger partial charge on any atom is 0.305 e. The summed E-state index contributed by atoms with van der Waals surface area (Å²) in [7, 11) is 2.20. The largest absolute Gasteiger partial charge is 0.464 e. The van der Waals surface area contributed by atoms with Crippen LogP contribution in [-0.2, 0) is 9.53 Å². The van der Waals surface area contributed by atoms with Crippen LogP contribution >= 0.6 is 0 Å². The zero-order valence-electron chi connectivity index (χ0n) is 17.9. The number of hydrogen-bond acceptors (Lipinski definition) is 4. The van der Waals surface area contributed by atoms with Crippen molar-refractivity contribution in [1.82, 2.24) is 14.8 Å². The molecule has 1 aromatic rings. The normalized spacial score (nSPS) is 21.5. The van der Waals surface area contributed by atoms with Crippen LogP contribution in [0.4, 0.5) is 0 Å². The summed E-state index contributed by atoms with van der Waals surface area (Å²) in [6, 6.07) is 0.358. The number of hydrogen-bond donors (Lipinski definition) is 1. The van der Waals surface area contributed by atoms with Crippen molar-refractivity contribution in [1.29, 1.82) is 0 Å². The van der Waals surface area contributed by atoms with Gasteiger partial charge >= 0.3 is 5.97 Å². The third-order valence-electron chi connectivity index (χ3n) is 6.81. The first-order valence-corrected chi connectivity index (χ1v) is 10.9. The summed E-state index contributed by atoms with van der Waals surface area (Å²) in [5.74, 6) is 1.13. The number of piperidine rings is 2. The number of aromatic nitrogens is 1. The summed E-state index contributed by atoms with van der Waals surface area (Å²) in [5, 5.41) is 0. The molecule has 0 saturated carbocycles. The van der Waals surface area contributed by atoms with Crippen LogP contribution in [0.5, 0.6) is 0 Å². The van der Waals surface area contributed by atoms with E-state index >= 15 is 0 Å². The SMILES string of the molecule is C=Cc1c(C2CCN(C(COC(=O)CC)C3CCN(C)CC3)CC2)c[nH]c1C. The number of likely N-dealkylation sites (tertiary alicyclic amines) is 2. The first-order chi connectivity index (χ1) is 13.5. The number of aryl methyl sites for hydroxylation is 1. The second-order valence-corrected chi connectivity index (χ2v) is 8.54. The molecule has 5 nitrogen and oxygen atoms in total. The van der Waals surface area contributed by atoms with Crippen molar-refractivity contribution in [3.05, 3.63) is 29.6 Å². The van der Waals surface area contributed by atoms with E-state index in [4.69, 9.17) is 4.74 Å². The first kappa shape index (κ1) is 21.1. The standard InChI is InChI=1S/C23H37N3O2/c1-5-20-17(3)24-15-21(20)18-9-13-26(14-10-18)22(16-28-23(27)6-2)19-7-11-25(4)12-8-19/h5,15,18-19,22,24H,1,6-14,16H2,2-4H3. The summed E-state index contributed by atoms with van der Waals surface area (Å²) in [6.45, 7) is 13.0. The van der Waals surface area contributed by atoms with Crippen molar-refractivity contribution in [2.45, 2.75) is 57.9 Å². The van der Waals surface area contributed by atoms with Gasteiger partial charge < -0.3 is 14.6 Å². The lowest BCUT2D eigenvalue weighted by Gasteiger charge is -2.43. The van der Waals surface area contributed by atoms with E-state index in [1.54, 1.807) is 0 Å². The average molecular weight is 388 g/mol. The van der Waals surface area contributed by atoms with Gasteiger partial charge in [-0.15, -0.1) is 0 Å². The van der Waals surface area contributed by atoms with E-state index < -0.39 is 0 Å². The highest BCUT2D eigenvalue weighted by Crippen LogP contribution is 2.34. The lowest BCUT2D eigenvalue weighted by molar-refractivity contribution is -0.146. The van der Waals surface area contributed by atoms with Gasteiger partial charge in [-0.05, 0) is 88.8 Å². The molecule has 0 spiro atoms. The summed E-state index contributed by atoms with van der Waals surface area (Å²) in [6.07, 6.45) is 9.32. The van der Waals surface area contributed by atoms with Crippen molar-refractivity contribution in [3.63, 3.8) is 0 Å². The molecule has 2 fully saturated rings. The maximum absolute atomic E-state index is 11.8. The van der Waals surface area contributed by atoms with Gasteiger partial charge in [0.25, 0.3) is 0 Å². The summed E-state index contributed by atoms with van der Waals surface area (Å²) in [4.78, 5) is 20.2. The van der Waals surface area contributed by atoms with E-state index in [0.29, 0.717) is 30.9 Å². The Labute approximate surface area is 170 Å². The van der Waals surface area contributed by atoms with Gasteiger partial charge in [0.1, 0.15) is 6.61 Å². The fraction of sp³-hybridized carbons (Fsp3) is 0.696. The Morgan fingerprint density at radius 2 is 1.96 bits per heavy atom. The number of rotatable bonds is 7. The van der Waals surface area contributed by atoms with Gasteiger partial charge in [0.05, 0.1) is 0 Å². The zero-order valence-corrected chi connectivity index (χ0v) is 17.9. The first-order valence-electron chi connectivity index (χ1n) is 10.9. The molecule has 156 valence electrons. The smallest absolute Gasteiger partial charge is 0.305 e. The molecule has 3 heterocycles. The van der Waals surface area contributed by atoms with Crippen LogP contribution in [0.1, 0.15) is 61.8 Å². The molecule has 1 N–H and O–H groups in total. The van der Waals surface area contributed by atoms with Gasteiger partial charge in [-0.2, -0.15) is 0 Å². The van der Waals surface area contributed by atoms with Gasteiger partial charge in [-0.3, -0.25) is 9.69 Å². The predicted molar refractivity (Wildman–Crippen MR) is 114 cm³/mol. The molecule has 3 rings (SSSR count). The second kappa shape index (κ2) is 9.75. The van der Waals surface area contributed by atoms with E-state index in [-0.39, 0.29) is 5.97 Å². The molecule has 1 unspecified atom stereocenters. The minimum absolute atomic E-state index is 0.0776. The van der Waals surface area contributed by atoms with Crippen LogP contribution in [0.25, 0.3) is 6.08 Å². The Morgan fingerprint density at radius 3 is 2.57 bits per heavy atom. The zero-order chi connectivity index (χ0) is 20.1. The molecular formula is C23H37N3O2. The van der Waals surface area contributed by atoms with Crippen molar-refractivity contribution in [3.8, 4) is 0 Å². The third-order valence-corrected chi connectivity index (χ3v) is 6.81. The van der Waals surface area contributed by atoms with Crippen LogP contribution in [0.2, 0.25) is 0 Å². The van der Waals surface area contributed by atoms with E-state index in [1.165, 1.54) is 29.7 Å². The summed E-state index contributed by atoms with van der Waals surface area (Å²) >= 11 is 0.